The molecule has 0 fully saturated rings. The van der Waals surface area contributed by atoms with Gasteiger partial charge in [0.05, 0.1) is 0 Å². The van der Waals surface area contributed by atoms with Crippen LogP contribution in [0.25, 0.3) is 0 Å². The maximum atomic E-state index is 8.10. The minimum absolute atomic E-state index is 0. The van der Waals surface area contributed by atoms with Crippen molar-refractivity contribution in [1.29, 1.82) is 0 Å². The second-order valence-electron chi connectivity index (χ2n) is 1.03. The molecule has 5 heteroatoms. The lowest BCUT2D eigenvalue weighted by atomic mass is 10.5. The molecular weight excluding hydrogens is 151 g/mol. The number of halogens is 2. The maximum Gasteiger partial charge on any atom is 0.0443 e. The molecule has 0 atom stereocenters. The Morgan fingerprint density at radius 3 is 2.00 bits per heavy atom. The van der Waals surface area contributed by atoms with Crippen LogP contribution in [0, 0.1) is 0 Å². The number of nitrogens with two attached hydrogens (primary N) is 1. The van der Waals surface area contributed by atoms with Gasteiger partial charge in [0.15, 0.2) is 0 Å². The van der Waals surface area contributed by atoms with Gasteiger partial charge in [0.25, 0.3) is 0 Å². The summed E-state index contributed by atoms with van der Waals surface area (Å²) in [5, 5.41) is 8.10. The molecular formula is C3H12Cl2N2O. The smallest absolute Gasteiger partial charge is 0.0443 e. The van der Waals surface area contributed by atoms with E-state index in [1.54, 1.807) is 0 Å². The molecule has 8 heavy (non-hydrogen) atoms. The SMILES string of the molecule is Cl.Cl.NNCCCO. The highest BCUT2D eigenvalue weighted by molar-refractivity contribution is 5.85. The lowest BCUT2D eigenvalue weighted by Crippen LogP contribution is -2.23. The van der Waals surface area contributed by atoms with Gasteiger partial charge in [-0.2, -0.15) is 0 Å². The molecule has 0 heterocycles. The first-order valence-corrected chi connectivity index (χ1v) is 1.96. The van der Waals surface area contributed by atoms with Gasteiger partial charge < -0.3 is 5.11 Å². The number of aliphatic hydroxyl groups excluding tert-OH is 1. The zero-order chi connectivity index (χ0) is 4.83. The van der Waals surface area contributed by atoms with Gasteiger partial charge in [0.1, 0.15) is 0 Å². The van der Waals surface area contributed by atoms with Crippen molar-refractivity contribution in [2.24, 2.45) is 5.84 Å². The fourth-order valence-corrected chi connectivity index (χ4v) is 0.181. The topological polar surface area (TPSA) is 58.3 Å². The third kappa shape index (κ3) is 16.1. The minimum Gasteiger partial charge on any atom is -0.396 e. The standard InChI is InChI=1S/C3H10N2O.2ClH/c4-5-2-1-3-6;;/h5-6H,1-4H2;2*1H. The van der Waals surface area contributed by atoms with Crippen molar-refractivity contribution in [3.63, 3.8) is 0 Å². The summed E-state index contributed by atoms with van der Waals surface area (Å²) in [5.74, 6) is 4.85. The first-order chi connectivity index (χ1) is 2.91. The highest BCUT2D eigenvalue weighted by Gasteiger charge is 1.74. The summed E-state index contributed by atoms with van der Waals surface area (Å²) < 4.78 is 0. The first-order valence-electron chi connectivity index (χ1n) is 1.96. The van der Waals surface area contributed by atoms with E-state index < -0.39 is 0 Å². The van der Waals surface area contributed by atoms with Gasteiger partial charge in [0.2, 0.25) is 0 Å². The molecule has 0 amide bonds. The quantitative estimate of drug-likeness (QED) is 0.303. The van der Waals surface area contributed by atoms with Gasteiger partial charge in [-0.15, -0.1) is 24.8 Å². The van der Waals surface area contributed by atoms with Crippen LogP contribution in [0.3, 0.4) is 0 Å². The lowest BCUT2D eigenvalue weighted by Gasteiger charge is -1.89. The Labute approximate surface area is 61.4 Å². The van der Waals surface area contributed by atoms with Gasteiger partial charge in [-0.25, -0.2) is 0 Å². The second-order valence-corrected chi connectivity index (χ2v) is 1.03. The number of hydrogen-bond donors (Lipinski definition) is 3. The molecule has 0 rings (SSSR count). The molecule has 0 bridgehead atoms. The predicted molar refractivity (Wildman–Crippen MR) is 38.4 cm³/mol. The van der Waals surface area contributed by atoms with Crippen LogP contribution in [-0.2, 0) is 0 Å². The Hall–Kier alpha value is 0.460. The summed E-state index contributed by atoms with van der Waals surface area (Å²) >= 11 is 0. The van der Waals surface area contributed by atoms with E-state index in [0.29, 0.717) is 6.54 Å². The third-order valence-electron chi connectivity index (χ3n) is 0.479. The summed E-state index contributed by atoms with van der Waals surface area (Å²) in [6, 6.07) is 0. The molecule has 0 aromatic heterocycles. The second kappa shape index (κ2) is 15.7. The van der Waals surface area contributed by atoms with E-state index in [9.17, 15) is 0 Å². The molecule has 3 nitrogen and oxygen atoms in total. The molecule has 0 aromatic carbocycles. The van der Waals surface area contributed by atoms with Gasteiger partial charge in [-0.05, 0) is 6.42 Å². The molecule has 0 radical (unpaired) electrons. The monoisotopic (exact) mass is 162 g/mol. The van der Waals surface area contributed by atoms with Gasteiger partial charge in [0, 0.05) is 13.2 Å². The molecule has 0 aliphatic rings. The maximum absolute atomic E-state index is 8.10. The molecule has 0 spiro atoms. The van der Waals surface area contributed by atoms with Crippen LogP contribution in [0.2, 0.25) is 0 Å². The largest absolute Gasteiger partial charge is 0.396 e. The summed E-state index contributed by atoms with van der Waals surface area (Å²) in [5.41, 5.74) is 2.41. The van der Waals surface area contributed by atoms with Crippen molar-refractivity contribution in [3.05, 3.63) is 0 Å². The molecule has 0 saturated heterocycles. The Balaban J connectivity index is -0.000000125. The molecule has 4 N–H and O–H groups in total. The molecule has 0 unspecified atom stereocenters. The van der Waals surface area contributed by atoms with E-state index in [4.69, 9.17) is 10.9 Å². The van der Waals surface area contributed by atoms with Crippen molar-refractivity contribution in [3.8, 4) is 0 Å². The number of hydrazine groups is 1. The van der Waals surface area contributed by atoms with E-state index in [0.717, 1.165) is 6.42 Å². The van der Waals surface area contributed by atoms with E-state index >= 15 is 0 Å². The van der Waals surface area contributed by atoms with Crippen LogP contribution >= 0.6 is 24.8 Å². The summed E-state index contributed by atoms with van der Waals surface area (Å²) in [6.07, 6.45) is 0.733. The van der Waals surface area contributed by atoms with Crippen LogP contribution in [0.15, 0.2) is 0 Å². The fraction of sp³-hybridized carbons (Fsp3) is 1.00. The average Bonchev–Trinajstić information content (AvgIpc) is 1.61. The van der Waals surface area contributed by atoms with Crippen LogP contribution in [0.4, 0.5) is 0 Å². The van der Waals surface area contributed by atoms with Gasteiger partial charge >= 0.3 is 0 Å². The number of nitrogens with one attached hydrogen (secondary N) is 1. The van der Waals surface area contributed by atoms with Crippen molar-refractivity contribution in [1.82, 2.24) is 5.43 Å². The minimum atomic E-state index is 0. The predicted octanol–water partition coefficient (Wildman–Crippen LogP) is -0.324. The summed E-state index contributed by atoms with van der Waals surface area (Å²) in [7, 11) is 0. The van der Waals surface area contributed by atoms with Crippen molar-refractivity contribution in [2.45, 2.75) is 6.42 Å². The van der Waals surface area contributed by atoms with E-state index in [1.165, 1.54) is 0 Å². The Morgan fingerprint density at radius 2 is 1.88 bits per heavy atom. The van der Waals surface area contributed by atoms with Crippen LogP contribution in [0.1, 0.15) is 6.42 Å². The zero-order valence-corrected chi connectivity index (χ0v) is 6.10. The van der Waals surface area contributed by atoms with Crippen molar-refractivity contribution < 1.29 is 5.11 Å². The van der Waals surface area contributed by atoms with Gasteiger partial charge in [-0.3, -0.25) is 11.3 Å². The van der Waals surface area contributed by atoms with E-state index in [-0.39, 0.29) is 31.4 Å². The lowest BCUT2D eigenvalue weighted by molar-refractivity contribution is 0.286. The van der Waals surface area contributed by atoms with E-state index in [1.807, 2.05) is 0 Å². The third-order valence-corrected chi connectivity index (χ3v) is 0.479. The number of hydrogen-bond acceptors (Lipinski definition) is 3. The fourth-order valence-electron chi connectivity index (χ4n) is 0.181. The molecule has 54 valence electrons. The molecule has 0 saturated carbocycles. The Kier molecular flexibility index (Phi) is 30.9. The van der Waals surface area contributed by atoms with Crippen LogP contribution in [0.5, 0.6) is 0 Å². The normalized spacial score (nSPS) is 6.75. The van der Waals surface area contributed by atoms with E-state index in [2.05, 4.69) is 5.43 Å². The molecule has 0 aliphatic heterocycles. The zero-order valence-electron chi connectivity index (χ0n) is 4.46. The van der Waals surface area contributed by atoms with Crippen molar-refractivity contribution in [2.75, 3.05) is 13.2 Å². The Bertz CT molecular complexity index is 27.2. The van der Waals surface area contributed by atoms with Gasteiger partial charge in [-0.1, -0.05) is 0 Å². The first kappa shape index (κ1) is 15.8. The summed E-state index contributed by atoms with van der Waals surface area (Å²) in [4.78, 5) is 0. The number of rotatable bonds is 3. The van der Waals surface area contributed by atoms with Crippen molar-refractivity contribution >= 4 is 24.8 Å². The number of aliphatic hydroxyl groups is 1. The summed E-state index contributed by atoms with van der Waals surface area (Å²) in [6.45, 7) is 0.903. The molecule has 0 aliphatic carbocycles. The van der Waals surface area contributed by atoms with Crippen LogP contribution in [-0.4, -0.2) is 18.3 Å². The molecule has 0 aromatic rings. The highest BCUT2D eigenvalue weighted by Crippen LogP contribution is 1.64. The van der Waals surface area contributed by atoms with Crippen LogP contribution < -0.4 is 11.3 Å². The highest BCUT2D eigenvalue weighted by atomic mass is 35.5. The Morgan fingerprint density at radius 1 is 1.38 bits per heavy atom. The average molecular weight is 163 g/mol.